The number of nitriles is 1. The van der Waals surface area contributed by atoms with Gasteiger partial charge in [0, 0.05) is 23.0 Å². The first-order valence-corrected chi connectivity index (χ1v) is 4.84. The average molecular weight is 212 g/mol. The molecule has 2 nitrogen and oxygen atoms in total. The number of aryl methyl sites for hydroxylation is 1. The summed E-state index contributed by atoms with van der Waals surface area (Å²) >= 11 is 0. The van der Waals surface area contributed by atoms with E-state index >= 15 is 0 Å². The number of hydrogen-bond acceptors (Lipinski definition) is 2. The second kappa shape index (κ2) is 4.11. The van der Waals surface area contributed by atoms with Crippen LogP contribution in [0.2, 0.25) is 0 Å². The van der Waals surface area contributed by atoms with Crippen molar-refractivity contribution < 1.29 is 4.39 Å². The van der Waals surface area contributed by atoms with Gasteiger partial charge in [0.05, 0.1) is 5.56 Å². The Labute approximate surface area is 93.0 Å². The van der Waals surface area contributed by atoms with Crippen LogP contribution < -0.4 is 0 Å². The third-order valence-electron chi connectivity index (χ3n) is 2.33. The summed E-state index contributed by atoms with van der Waals surface area (Å²) in [6.45, 7) is 1.81. The van der Waals surface area contributed by atoms with E-state index in [4.69, 9.17) is 5.26 Å². The number of pyridine rings is 1. The highest BCUT2D eigenvalue weighted by molar-refractivity contribution is 5.70. The number of benzene rings is 1. The molecule has 0 aliphatic carbocycles. The molecule has 0 unspecified atom stereocenters. The van der Waals surface area contributed by atoms with Gasteiger partial charge < -0.3 is 0 Å². The largest absolute Gasteiger partial charge is 0.260 e. The molecule has 0 atom stereocenters. The van der Waals surface area contributed by atoms with Crippen molar-refractivity contribution in [2.45, 2.75) is 6.92 Å². The maximum atomic E-state index is 13.6. The second-order valence-corrected chi connectivity index (χ2v) is 3.46. The van der Waals surface area contributed by atoms with E-state index in [1.54, 1.807) is 24.3 Å². The van der Waals surface area contributed by atoms with Crippen LogP contribution in [0.15, 0.2) is 36.5 Å². The standard InChI is InChI=1S/C13H9FN2/c1-9-6-12(10(7-15)8-16-9)11-4-2-3-5-13(11)14/h2-6,8H,1H3. The fourth-order valence-electron chi connectivity index (χ4n) is 1.55. The van der Waals surface area contributed by atoms with E-state index in [0.717, 1.165) is 5.69 Å². The Balaban J connectivity index is 2.69. The maximum Gasteiger partial charge on any atom is 0.131 e. The first-order chi connectivity index (χ1) is 7.72. The van der Waals surface area contributed by atoms with Gasteiger partial charge in [0.15, 0.2) is 0 Å². The van der Waals surface area contributed by atoms with Gasteiger partial charge in [0.1, 0.15) is 11.9 Å². The monoisotopic (exact) mass is 212 g/mol. The van der Waals surface area contributed by atoms with E-state index in [1.165, 1.54) is 12.3 Å². The van der Waals surface area contributed by atoms with Crippen LogP contribution >= 0.6 is 0 Å². The summed E-state index contributed by atoms with van der Waals surface area (Å²) in [5.74, 6) is -0.329. The molecule has 0 fully saturated rings. The van der Waals surface area contributed by atoms with Gasteiger partial charge in [0.2, 0.25) is 0 Å². The van der Waals surface area contributed by atoms with Gasteiger partial charge in [-0.05, 0) is 19.1 Å². The van der Waals surface area contributed by atoms with E-state index < -0.39 is 0 Å². The third-order valence-corrected chi connectivity index (χ3v) is 2.33. The van der Waals surface area contributed by atoms with E-state index in [0.29, 0.717) is 16.7 Å². The van der Waals surface area contributed by atoms with Crippen LogP contribution in [-0.4, -0.2) is 4.98 Å². The molecule has 0 saturated carbocycles. The summed E-state index contributed by atoms with van der Waals surface area (Å²) in [6, 6.07) is 10.1. The van der Waals surface area contributed by atoms with Crippen LogP contribution in [-0.2, 0) is 0 Å². The molecular weight excluding hydrogens is 203 g/mol. The lowest BCUT2D eigenvalue weighted by Crippen LogP contribution is -1.91. The molecule has 3 heteroatoms. The Morgan fingerprint density at radius 2 is 2.00 bits per heavy atom. The van der Waals surface area contributed by atoms with Crippen molar-refractivity contribution in [2.75, 3.05) is 0 Å². The van der Waals surface area contributed by atoms with Crippen molar-refractivity contribution in [3.8, 4) is 17.2 Å². The summed E-state index contributed by atoms with van der Waals surface area (Å²) in [5, 5.41) is 8.95. The van der Waals surface area contributed by atoms with Crippen LogP contribution in [0.3, 0.4) is 0 Å². The zero-order chi connectivity index (χ0) is 11.5. The summed E-state index contributed by atoms with van der Waals surface area (Å²) in [7, 11) is 0. The zero-order valence-corrected chi connectivity index (χ0v) is 8.74. The average Bonchev–Trinajstić information content (AvgIpc) is 2.29. The zero-order valence-electron chi connectivity index (χ0n) is 8.74. The molecule has 16 heavy (non-hydrogen) atoms. The van der Waals surface area contributed by atoms with Gasteiger partial charge in [-0.2, -0.15) is 5.26 Å². The quantitative estimate of drug-likeness (QED) is 0.728. The van der Waals surface area contributed by atoms with Crippen LogP contribution in [0.4, 0.5) is 4.39 Å². The lowest BCUT2D eigenvalue weighted by molar-refractivity contribution is 0.631. The highest BCUT2D eigenvalue weighted by Gasteiger charge is 2.09. The molecule has 0 radical (unpaired) electrons. The van der Waals surface area contributed by atoms with Crippen molar-refractivity contribution in [3.05, 3.63) is 53.6 Å². The molecular formula is C13H9FN2. The van der Waals surface area contributed by atoms with Gasteiger partial charge >= 0.3 is 0 Å². The molecule has 0 N–H and O–H groups in total. The Kier molecular flexibility index (Phi) is 2.65. The topological polar surface area (TPSA) is 36.7 Å². The third kappa shape index (κ3) is 1.78. The van der Waals surface area contributed by atoms with Crippen LogP contribution in [0.5, 0.6) is 0 Å². The molecule has 2 aromatic rings. The molecule has 1 aromatic heterocycles. The number of rotatable bonds is 1. The lowest BCUT2D eigenvalue weighted by atomic mass is 10.0. The van der Waals surface area contributed by atoms with Gasteiger partial charge in [-0.1, -0.05) is 18.2 Å². The number of nitrogens with zero attached hydrogens (tertiary/aromatic N) is 2. The minimum atomic E-state index is -0.329. The highest BCUT2D eigenvalue weighted by atomic mass is 19.1. The minimum absolute atomic E-state index is 0.329. The van der Waals surface area contributed by atoms with Crippen molar-refractivity contribution in [3.63, 3.8) is 0 Å². The lowest BCUT2D eigenvalue weighted by Gasteiger charge is -2.05. The molecule has 1 aromatic carbocycles. The fraction of sp³-hybridized carbons (Fsp3) is 0.0769. The van der Waals surface area contributed by atoms with Gasteiger partial charge in [-0.25, -0.2) is 4.39 Å². The molecule has 0 saturated heterocycles. The molecule has 0 bridgehead atoms. The first kappa shape index (κ1) is 10.3. The molecule has 0 amide bonds. The Morgan fingerprint density at radius 3 is 2.69 bits per heavy atom. The Morgan fingerprint density at radius 1 is 1.25 bits per heavy atom. The molecule has 78 valence electrons. The second-order valence-electron chi connectivity index (χ2n) is 3.46. The van der Waals surface area contributed by atoms with Crippen molar-refractivity contribution >= 4 is 0 Å². The van der Waals surface area contributed by atoms with Gasteiger partial charge in [-0.3, -0.25) is 4.98 Å². The van der Waals surface area contributed by atoms with E-state index in [1.807, 2.05) is 13.0 Å². The molecule has 0 aliphatic rings. The normalized spacial score (nSPS) is 9.81. The summed E-state index contributed by atoms with van der Waals surface area (Å²) in [5.41, 5.74) is 2.17. The highest BCUT2D eigenvalue weighted by Crippen LogP contribution is 2.25. The van der Waals surface area contributed by atoms with Crippen molar-refractivity contribution in [1.29, 1.82) is 5.26 Å². The summed E-state index contributed by atoms with van der Waals surface area (Å²) < 4.78 is 13.6. The van der Waals surface area contributed by atoms with Crippen molar-refractivity contribution in [1.82, 2.24) is 4.98 Å². The van der Waals surface area contributed by atoms with E-state index in [-0.39, 0.29) is 5.82 Å². The molecule has 1 heterocycles. The van der Waals surface area contributed by atoms with Crippen LogP contribution in [0.1, 0.15) is 11.3 Å². The van der Waals surface area contributed by atoms with Crippen LogP contribution in [0, 0.1) is 24.1 Å². The smallest absolute Gasteiger partial charge is 0.131 e. The molecule has 0 aliphatic heterocycles. The Hall–Kier alpha value is -2.21. The SMILES string of the molecule is Cc1cc(-c2ccccc2F)c(C#N)cn1. The molecule has 0 spiro atoms. The predicted molar refractivity (Wildman–Crippen MR) is 59.1 cm³/mol. The minimum Gasteiger partial charge on any atom is -0.260 e. The first-order valence-electron chi connectivity index (χ1n) is 4.84. The van der Waals surface area contributed by atoms with Gasteiger partial charge in [-0.15, -0.1) is 0 Å². The fourth-order valence-corrected chi connectivity index (χ4v) is 1.55. The predicted octanol–water partition coefficient (Wildman–Crippen LogP) is 3.07. The molecule has 2 rings (SSSR count). The number of halogens is 1. The summed E-state index contributed by atoms with van der Waals surface area (Å²) in [4.78, 5) is 4.02. The summed E-state index contributed by atoms with van der Waals surface area (Å²) in [6.07, 6.45) is 1.47. The van der Waals surface area contributed by atoms with Crippen molar-refractivity contribution in [2.24, 2.45) is 0 Å². The van der Waals surface area contributed by atoms with E-state index in [9.17, 15) is 4.39 Å². The Bertz CT molecular complexity index is 570. The van der Waals surface area contributed by atoms with E-state index in [2.05, 4.69) is 4.98 Å². The van der Waals surface area contributed by atoms with Crippen LogP contribution in [0.25, 0.3) is 11.1 Å². The van der Waals surface area contributed by atoms with Gasteiger partial charge in [0.25, 0.3) is 0 Å². The maximum absolute atomic E-state index is 13.6. The number of aromatic nitrogens is 1. The number of hydrogen-bond donors (Lipinski definition) is 0.